The van der Waals surface area contributed by atoms with E-state index in [2.05, 4.69) is 27.6 Å². The largest absolute Gasteiger partial charge is 0.480 e. The van der Waals surface area contributed by atoms with Crippen LogP contribution in [-0.2, 0) is 9.59 Å². The first-order chi connectivity index (χ1) is 8.99. The van der Waals surface area contributed by atoms with Crippen molar-refractivity contribution in [2.45, 2.75) is 13.0 Å². The van der Waals surface area contributed by atoms with Crippen molar-refractivity contribution in [2.75, 3.05) is 24.5 Å². The lowest BCUT2D eigenvalue weighted by Gasteiger charge is -2.35. The van der Waals surface area contributed by atoms with Gasteiger partial charge in [0.05, 0.1) is 18.4 Å². The number of carboxylic acids is 1. The monoisotopic (exact) mass is 375 g/mol. The van der Waals surface area contributed by atoms with Gasteiger partial charge in [0, 0.05) is 13.1 Å². The van der Waals surface area contributed by atoms with Gasteiger partial charge in [-0.2, -0.15) is 0 Å². The van der Waals surface area contributed by atoms with Crippen molar-refractivity contribution in [3.05, 3.63) is 22.0 Å². The number of hydrogen-bond donors (Lipinski definition) is 1. The predicted molar refractivity (Wildman–Crippen MR) is 78.0 cm³/mol. The molecule has 0 radical (unpaired) electrons. The molecular formula is C12H14IN3O3. The quantitative estimate of drug-likeness (QED) is 0.625. The summed E-state index contributed by atoms with van der Waals surface area (Å²) >= 11 is 2.10. The molecule has 0 aromatic carbocycles. The number of rotatable bonds is 3. The lowest BCUT2D eigenvalue weighted by Crippen LogP contribution is -2.54. The number of anilines is 1. The van der Waals surface area contributed by atoms with Crippen LogP contribution in [0.3, 0.4) is 0 Å². The van der Waals surface area contributed by atoms with E-state index in [1.54, 1.807) is 22.9 Å². The van der Waals surface area contributed by atoms with E-state index in [4.69, 9.17) is 5.11 Å². The topological polar surface area (TPSA) is 73.7 Å². The Labute approximate surface area is 124 Å². The number of carbonyl (C=O) groups is 2. The highest BCUT2D eigenvalue weighted by Gasteiger charge is 2.30. The molecule has 1 amide bonds. The summed E-state index contributed by atoms with van der Waals surface area (Å²) in [6.07, 6.45) is 1.66. The summed E-state index contributed by atoms with van der Waals surface area (Å²) < 4.78 is 0.868. The summed E-state index contributed by atoms with van der Waals surface area (Å²) in [5.41, 5.74) is 0.757. The van der Waals surface area contributed by atoms with Crippen LogP contribution in [0.15, 0.2) is 18.3 Å². The second-order valence-corrected chi connectivity index (χ2v) is 5.47. The van der Waals surface area contributed by atoms with Crippen molar-refractivity contribution in [1.82, 2.24) is 9.88 Å². The number of amides is 1. The van der Waals surface area contributed by atoms with Crippen molar-refractivity contribution in [2.24, 2.45) is 0 Å². The Bertz CT molecular complexity index is 491. The first kappa shape index (κ1) is 14.2. The number of aromatic nitrogens is 1. The van der Waals surface area contributed by atoms with Gasteiger partial charge in [0.2, 0.25) is 5.91 Å². The predicted octanol–water partition coefficient (Wildman–Crippen LogP) is 0.808. The number of hydrogen-bond acceptors (Lipinski definition) is 4. The summed E-state index contributed by atoms with van der Waals surface area (Å²) in [5.74, 6) is -1.00. The van der Waals surface area contributed by atoms with E-state index < -0.39 is 12.0 Å². The number of carboxylic acid groups (broad SMARTS) is 1. The molecule has 1 fully saturated rings. The number of pyridine rings is 1. The molecule has 0 aliphatic carbocycles. The zero-order valence-electron chi connectivity index (χ0n) is 10.4. The van der Waals surface area contributed by atoms with Crippen LogP contribution >= 0.6 is 22.6 Å². The molecule has 1 unspecified atom stereocenters. The summed E-state index contributed by atoms with van der Waals surface area (Å²) in [5, 5.41) is 8.96. The Hall–Kier alpha value is -1.22. The van der Waals surface area contributed by atoms with E-state index in [1.165, 1.54) is 0 Å². The molecule has 1 aromatic rings. The van der Waals surface area contributed by atoms with Crippen LogP contribution in [0.5, 0.6) is 0 Å². The van der Waals surface area contributed by atoms with Crippen molar-refractivity contribution in [3.63, 3.8) is 0 Å². The summed E-state index contributed by atoms with van der Waals surface area (Å²) in [6.45, 7) is 2.75. The van der Waals surface area contributed by atoms with Gasteiger partial charge in [0.15, 0.2) is 0 Å². The zero-order chi connectivity index (χ0) is 14.0. The van der Waals surface area contributed by atoms with Crippen LogP contribution in [0.4, 0.5) is 5.69 Å². The third-order valence-corrected chi connectivity index (χ3v) is 3.82. The molecule has 0 saturated carbocycles. The Morgan fingerprint density at radius 3 is 2.74 bits per heavy atom. The molecule has 2 rings (SSSR count). The van der Waals surface area contributed by atoms with Crippen LogP contribution in [0.25, 0.3) is 0 Å². The number of carbonyl (C=O) groups excluding carboxylic acids is 1. The lowest BCUT2D eigenvalue weighted by atomic mass is 10.2. The summed E-state index contributed by atoms with van der Waals surface area (Å²) in [7, 11) is 0. The van der Waals surface area contributed by atoms with E-state index in [0.29, 0.717) is 13.1 Å². The second kappa shape index (κ2) is 5.83. The minimum Gasteiger partial charge on any atom is -0.480 e. The summed E-state index contributed by atoms with van der Waals surface area (Å²) in [6, 6.07) is 3.05. The standard InChI is InChI=1S/C12H14IN3O3/c1-8(12(18)19)15-4-5-16(11(17)7-15)9-2-3-10(13)14-6-9/h2-3,6,8H,4-5,7H2,1H3,(H,18,19). The fourth-order valence-corrected chi connectivity index (χ4v) is 2.30. The maximum Gasteiger partial charge on any atom is 0.320 e. The van der Waals surface area contributed by atoms with Gasteiger partial charge in [0.1, 0.15) is 9.74 Å². The van der Waals surface area contributed by atoms with E-state index in [-0.39, 0.29) is 12.5 Å². The van der Waals surface area contributed by atoms with E-state index in [9.17, 15) is 9.59 Å². The fourth-order valence-electron chi connectivity index (χ4n) is 1.98. The van der Waals surface area contributed by atoms with Crippen LogP contribution < -0.4 is 4.90 Å². The van der Waals surface area contributed by atoms with E-state index in [1.807, 2.05) is 12.1 Å². The van der Waals surface area contributed by atoms with Gasteiger partial charge < -0.3 is 10.0 Å². The Morgan fingerprint density at radius 2 is 2.21 bits per heavy atom. The van der Waals surface area contributed by atoms with Crippen molar-refractivity contribution >= 4 is 40.2 Å². The van der Waals surface area contributed by atoms with Crippen molar-refractivity contribution < 1.29 is 14.7 Å². The Kier molecular flexibility index (Phi) is 4.35. The van der Waals surface area contributed by atoms with Crippen LogP contribution in [0.2, 0.25) is 0 Å². The first-order valence-corrected chi connectivity index (χ1v) is 6.95. The minimum atomic E-state index is -0.905. The highest BCUT2D eigenvalue weighted by Crippen LogP contribution is 2.18. The van der Waals surface area contributed by atoms with Gasteiger partial charge in [-0.3, -0.25) is 14.5 Å². The first-order valence-electron chi connectivity index (χ1n) is 5.88. The van der Waals surface area contributed by atoms with Gasteiger partial charge >= 0.3 is 5.97 Å². The minimum absolute atomic E-state index is 0.0950. The fraction of sp³-hybridized carbons (Fsp3) is 0.417. The van der Waals surface area contributed by atoms with Crippen molar-refractivity contribution in [3.8, 4) is 0 Å². The van der Waals surface area contributed by atoms with Gasteiger partial charge in [-0.1, -0.05) is 0 Å². The number of halogens is 1. The Balaban J connectivity index is 2.07. The van der Waals surface area contributed by atoms with Gasteiger partial charge in [0.25, 0.3) is 0 Å². The average Bonchev–Trinajstić information content (AvgIpc) is 2.39. The molecule has 1 aromatic heterocycles. The maximum absolute atomic E-state index is 12.1. The number of aliphatic carboxylic acids is 1. The number of nitrogens with zero attached hydrogens (tertiary/aromatic N) is 3. The van der Waals surface area contributed by atoms with Gasteiger partial charge in [-0.15, -0.1) is 0 Å². The number of piperazine rings is 1. The third-order valence-electron chi connectivity index (χ3n) is 3.18. The molecule has 2 heterocycles. The van der Waals surface area contributed by atoms with Crippen LogP contribution in [-0.4, -0.2) is 52.5 Å². The second-order valence-electron chi connectivity index (χ2n) is 4.37. The molecule has 102 valence electrons. The smallest absolute Gasteiger partial charge is 0.320 e. The third kappa shape index (κ3) is 3.21. The summed E-state index contributed by atoms with van der Waals surface area (Å²) in [4.78, 5) is 30.5. The Morgan fingerprint density at radius 1 is 1.47 bits per heavy atom. The van der Waals surface area contributed by atoms with Gasteiger partial charge in [-0.25, -0.2) is 4.98 Å². The molecule has 0 bridgehead atoms. The van der Waals surface area contributed by atoms with E-state index >= 15 is 0 Å². The molecule has 19 heavy (non-hydrogen) atoms. The molecule has 0 spiro atoms. The highest BCUT2D eigenvalue weighted by atomic mass is 127. The SMILES string of the molecule is CC(C(=O)O)N1CCN(c2ccc(I)nc2)C(=O)C1. The molecular weight excluding hydrogens is 361 g/mol. The van der Waals surface area contributed by atoms with Crippen molar-refractivity contribution in [1.29, 1.82) is 0 Å². The molecule has 7 heteroatoms. The van der Waals surface area contributed by atoms with E-state index in [0.717, 1.165) is 9.39 Å². The maximum atomic E-state index is 12.1. The molecule has 1 atom stereocenters. The molecule has 1 N–H and O–H groups in total. The van der Waals surface area contributed by atoms with Crippen LogP contribution in [0.1, 0.15) is 6.92 Å². The zero-order valence-corrected chi connectivity index (χ0v) is 12.6. The van der Waals surface area contributed by atoms with Crippen LogP contribution in [0, 0.1) is 3.70 Å². The average molecular weight is 375 g/mol. The molecule has 6 nitrogen and oxygen atoms in total. The molecule has 1 saturated heterocycles. The highest BCUT2D eigenvalue weighted by molar-refractivity contribution is 14.1. The molecule has 1 aliphatic rings. The van der Waals surface area contributed by atoms with Gasteiger partial charge in [-0.05, 0) is 41.6 Å². The molecule has 1 aliphatic heterocycles. The lowest BCUT2D eigenvalue weighted by molar-refractivity contribution is -0.143. The normalized spacial score (nSPS) is 18.4.